The highest BCUT2D eigenvalue weighted by Crippen LogP contribution is 2.38. The van der Waals surface area contributed by atoms with Gasteiger partial charge in [-0.1, -0.05) is 36.4 Å². The Bertz CT molecular complexity index is 2180. The quantitative estimate of drug-likeness (QED) is 0.208. The Labute approximate surface area is 306 Å². The van der Waals surface area contributed by atoms with Gasteiger partial charge in [0.05, 0.1) is 16.6 Å². The first kappa shape index (κ1) is 34.1. The fraction of sp³-hybridized carbons (Fsp3) is 0.372. The third-order valence-electron chi connectivity index (χ3n) is 10.5. The number of anilines is 2. The molecule has 268 valence electrons. The highest BCUT2D eigenvalue weighted by molar-refractivity contribution is 5.88. The van der Waals surface area contributed by atoms with E-state index in [4.69, 9.17) is 19.4 Å². The van der Waals surface area contributed by atoms with Crippen LogP contribution in [0.3, 0.4) is 0 Å². The van der Waals surface area contributed by atoms with Crippen LogP contribution in [-0.4, -0.2) is 91.5 Å². The molecule has 6 heterocycles. The van der Waals surface area contributed by atoms with Crippen molar-refractivity contribution >= 4 is 44.3 Å². The number of hydrogen-bond acceptors (Lipinski definition) is 9. The second-order valence-electron chi connectivity index (χ2n) is 14.3. The molecule has 1 N–H and O–H groups in total. The third kappa shape index (κ3) is 7.47. The molecule has 3 aromatic heterocycles. The summed E-state index contributed by atoms with van der Waals surface area (Å²) in [6.45, 7) is 16.1. The molecule has 6 aromatic rings. The number of para-hydroxylation sites is 2. The minimum atomic E-state index is 0.00647. The summed E-state index contributed by atoms with van der Waals surface area (Å²) in [5, 5.41) is 6.94. The number of pyridine rings is 3. The van der Waals surface area contributed by atoms with Crippen molar-refractivity contribution in [3.05, 3.63) is 102 Å². The maximum Gasteiger partial charge on any atom is 0.171 e. The standard InChI is InChI=1S/C28H30N4O2.C15H19N3/c1-19-16-27(30-24-7-4-3-6-22(19)24)32-13-5-12-31(14-15-32)17-21-18-33-26-11-10-25-23(28(26)34-21)9-8-20(2)29-25;1-12-11-15(18-9-4-7-16-8-10-18)17-14-6-3-2-5-13(12)14/h3-4,6-11,16,21H,5,12-15,17-18H2,1-2H3;2-3,5-6,11,16H,4,7-10H2,1H3/t21-;/m0./s1. The van der Waals surface area contributed by atoms with Crippen LogP contribution in [0.1, 0.15) is 29.7 Å². The zero-order valence-corrected chi connectivity index (χ0v) is 30.6. The van der Waals surface area contributed by atoms with E-state index in [0.29, 0.717) is 6.61 Å². The number of aryl methyl sites for hydroxylation is 3. The van der Waals surface area contributed by atoms with Crippen LogP contribution in [0, 0.1) is 20.8 Å². The van der Waals surface area contributed by atoms with Gasteiger partial charge in [0.1, 0.15) is 24.3 Å². The van der Waals surface area contributed by atoms with Crippen LogP contribution in [0.2, 0.25) is 0 Å². The molecule has 9 heteroatoms. The smallest absolute Gasteiger partial charge is 0.171 e. The Morgan fingerprint density at radius 1 is 0.635 bits per heavy atom. The molecular weight excluding hydrogens is 647 g/mol. The summed E-state index contributed by atoms with van der Waals surface area (Å²) in [4.78, 5) is 21.7. The molecule has 3 aromatic carbocycles. The summed E-state index contributed by atoms with van der Waals surface area (Å²) in [5.41, 5.74) is 6.72. The fourth-order valence-corrected chi connectivity index (χ4v) is 7.70. The summed E-state index contributed by atoms with van der Waals surface area (Å²) >= 11 is 0. The Morgan fingerprint density at radius 2 is 1.31 bits per heavy atom. The number of fused-ring (bicyclic) bond motifs is 5. The van der Waals surface area contributed by atoms with E-state index in [2.05, 4.69) is 106 Å². The summed E-state index contributed by atoms with van der Waals surface area (Å²) in [5.74, 6) is 3.84. The molecule has 0 bridgehead atoms. The van der Waals surface area contributed by atoms with E-state index in [1.807, 2.05) is 25.1 Å². The normalized spacial score (nSPS) is 18.2. The molecule has 0 unspecified atom stereocenters. The first-order chi connectivity index (χ1) is 25.5. The highest BCUT2D eigenvalue weighted by Gasteiger charge is 2.27. The summed E-state index contributed by atoms with van der Waals surface area (Å²) in [6, 6.07) is 29.3. The molecule has 2 saturated heterocycles. The third-order valence-corrected chi connectivity index (χ3v) is 10.5. The lowest BCUT2D eigenvalue weighted by Crippen LogP contribution is -2.42. The molecule has 52 heavy (non-hydrogen) atoms. The van der Waals surface area contributed by atoms with E-state index < -0.39 is 0 Å². The predicted molar refractivity (Wildman–Crippen MR) is 212 cm³/mol. The monoisotopic (exact) mass is 695 g/mol. The van der Waals surface area contributed by atoms with Gasteiger partial charge < -0.3 is 24.6 Å². The highest BCUT2D eigenvalue weighted by atomic mass is 16.6. The maximum absolute atomic E-state index is 6.47. The predicted octanol–water partition coefficient (Wildman–Crippen LogP) is 7.09. The van der Waals surface area contributed by atoms with Gasteiger partial charge in [-0.3, -0.25) is 9.88 Å². The Balaban J connectivity index is 0.000000181. The molecule has 9 nitrogen and oxygen atoms in total. The first-order valence-corrected chi connectivity index (χ1v) is 18.8. The van der Waals surface area contributed by atoms with Crippen LogP contribution < -0.4 is 24.6 Å². The number of nitrogens with one attached hydrogen (secondary N) is 1. The lowest BCUT2D eigenvalue weighted by atomic mass is 10.1. The number of aromatic nitrogens is 3. The second-order valence-corrected chi connectivity index (χ2v) is 14.3. The van der Waals surface area contributed by atoms with Crippen LogP contribution in [0.25, 0.3) is 32.7 Å². The van der Waals surface area contributed by atoms with E-state index in [9.17, 15) is 0 Å². The minimum absolute atomic E-state index is 0.00647. The Morgan fingerprint density at radius 3 is 2.06 bits per heavy atom. The van der Waals surface area contributed by atoms with Crippen LogP contribution >= 0.6 is 0 Å². The number of ether oxygens (including phenoxy) is 2. The number of benzene rings is 3. The van der Waals surface area contributed by atoms with Gasteiger partial charge in [-0.2, -0.15) is 0 Å². The zero-order chi connectivity index (χ0) is 35.4. The van der Waals surface area contributed by atoms with Crippen molar-refractivity contribution in [3.63, 3.8) is 0 Å². The average Bonchev–Trinajstić information content (AvgIpc) is 3.59. The molecular formula is C43H49N7O2. The maximum atomic E-state index is 6.47. The topological polar surface area (TPSA) is 78.9 Å². The van der Waals surface area contributed by atoms with Gasteiger partial charge in [0.25, 0.3) is 0 Å². The molecule has 9 rings (SSSR count). The van der Waals surface area contributed by atoms with Gasteiger partial charge in [-0.15, -0.1) is 0 Å². The molecule has 3 aliphatic rings. The largest absolute Gasteiger partial charge is 0.486 e. The molecule has 1 atom stereocenters. The van der Waals surface area contributed by atoms with Crippen molar-refractivity contribution in [3.8, 4) is 11.5 Å². The molecule has 2 fully saturated rings. The van der Waals surface area contributed by atoms with Gasteiger partial charge >= 0.3 is 0 Å². The van der Waals surface area contributed by atoms with Crippen molar-refractivity contribution in [2.45, 2.75) is 39.7 Å². The summed E-state index contributed by atoms with van der Waals surface area (Å²) < 4.78 is 12.6. The van der Waals surface area contributed by atoms with Crippen molar-refractivity contribution in [2.24, 2.45) is 0 Å². The Kier molecular flexibility index (Phi) is 10.0. The van der Waals surface area contributed by atoms with Crippen molar-refractivity contribution in [1.29, 1.82) is 0 Å². The average molecular weight is 696 g/mol. The van der Waals surface area contributed by atoms with Crippen LogP contribution in [0.5, 0.6) is 11.5 Å². The number of rotatable bonds is 4. The van der Waals surface area contributed by atoms with E-state index in [0.717, 1.165) is 116 Å². The molecule has 0 spiro atoms. The Hall–Kier alpha value is -4.99. The SMILES string of the molecule is Cc1cc(N2CCCNCC2)nc2ccccc12.Cc1ccc2c3c(ccc2n1)OC[C@H](CN1CCCN(c2cc(C)c4ccccc4n2)CC1)O3. The van der Waals surface area contributed by atoms with Gasteiger partial charge in [0.2, 0.25) is 0 Å². The zero-order valence-electron chi connectivity index (χ0n) is 30.6. The van der Waals surface area contributed by atoms with Gasteiger partial charge in [0, 0.05) is 74.2 Å². The van der Waals surface area contributed by atoms with Crippen molar-refractivity contribution in [2.75, 3.05) is 75.3 Å². The molecule has 0 aliphatic carbocycles. The van der Waals surface area contributed by atoms with Gasteiger partial charge in [-0.25, -0.2) is 9.97 Å². The number of nitrogens with zero attached hydrogens (tertiary/aromatic N) is 6. The molecule has 3 aliphatic heterocycles. The molecule has 0 saturated carbocycles. The van der Waals surface area contributed by atoms with Crippen LogP contribution in [0.15, 0.2) is 84.9 Å². The van der Waals surface area contributed by atoms with Crippen LogP contribution in [0.4, 0.5) is 11.6 Å². The van der Waals surface area contributed by atoms with Crippen molar-refractivity contribution in [1.82, 2.24) is 25.2 Å². The fourth-order valence-electron chi connectivity index (χ4n) is 7.70. The van der Waals surface area contributed by atoms with E-state index >= 15 is 0 Å². The lowest BCUT2D eigenvalue weighted by molar-refractivity contribution is 0.0622. The minimum Gasteiger partial charge on any atom is -0.486 e. The number of hydrogen-bond donors (Lipinski definition) is 1. The van der Waals surface area contributed by atoms with E-state index in [-0.39, 0.29) is 6.10 Å². The van der Waals surface area contributed by atoms with Gasteiger partial charge in [0.15, 0.2) is 11.5 Å². The van der Waals surface area contributed by atoms with Crippen LogP contribution in [-0.2, 0) is 0 Å². The second kappa shape index (κ2) is 15.3. The van der Waals surface area contributed by atoms with E-state index in [1.54, 1.807) is 0 Å². The molecule has 0 amide bonds. The summed E-state index contributed by atoms with van der Waals surface area (Å²) in [6.07, 6.45) is 2.30. The van der Waals surface area contributed by atoms with Gasteiger partial charge in [-0.05, 0) is 99.8 Å². The molecule has 0 radical (unpaired) electrons. The summed E-state index contributed by atoms with van der Waals surface area (Å²) in [7, 11) is 0. The first-order valence-electron chi connectivity index (χ1n) is 18.8. The lowest BCUT2D eigenvalue weighted by Gasteiger charge is -2.31. The van der Waals surface area contributed by atoms with Crippen molar-refractivity contribution < 1.29 is 9.47 Å². The van der Waals surface area contributed by atoms with E-state index in [1.165, 1.54) is 28.3 Å².